The molecule has 1 heterocycles. The Morgan fingerprint density at radius 3 is 2.62 bits per heavy atom. The quantitative estimate of drug-likeness (QED) is 0.695. The van der Waals surface area contributed by atoms with E-state index in [0.29, 0.717) is 22.3 Å². The molecular formula is C19H25FN2OS. The second kappa shape index (κ2) is 8.29. The van der Waals surface area contributed by atoms with Crippen LogP contribution >= 0.6 is 12.2 Å². The summed E-state index contributed by atoms with van der Waals surface area (Å²) in [5.74, 6) is 1.18. The molecule has 1 N–H and O–H groups in total. The topological polar surface area (TPSA) is 28.4 Å². The minimum Gasteiger partial charge on any atom is -0.467 e. The van der Waals surface area contributed by atoms with E-state index in [-0.39, 0.29) is 11.9 Å². The fourth-order valence-electron chi connectivity index (χ4n) is 2.42. The third-order valence-corrected chi connectivity index (χ3v) is 4.39. The molecule has 0 radical (unpaired) electrons. The van der Waals surface area contributed by atoms with Crippen LogP contribution in [-0.4, -0.2) is 16.6 Å². The highest BCUT2D eigenvalue weighted by Crippen LogP contribution is 2.23. The van der Waals surface area contributed by atoms with Crippen LogP contribution in [-0.2, 0) is 0 Å². The van der Waals surface area contributed by atoms with Gasteiger partial charge in [0.2, 0.25) is 0 Å². The van der Waals surface area contributed by atoms with Crippen molar-refractivity contribution >= 4 is 23.0 Å². The lowest BCUT2D eigenvalue weighted by molar-refractivity contribution is 0.281. The summed E-state index contributed by atoms with van der Waals surface area (Å²) in [5, 5.41) is 3.72. The molecule has 0 fully saturated rings. The predicted molar refractivity (Wildman–Crippen MR) is 101 cm³/mol. The average Bonchev–Trinajstić information content (AvgIpc) is 3.05. The highest BCUT2D eigenvalue weighted by molar-refractivity contribution is 7.80. The standard InChI is InChI=1S/C19H25FN2OS/c1-13(2)9-10-22(15(4)18-6-5-11-23-18)19(24)21-16-8-7-14(3)17(20)12-16/h5-8,11-13,15H,9-10H2,1-4H3,(H,21,24). The molecule has 1 aromatic carbocycles. The fraction of sp³-hybridized carbons (Fsp3) is 0.421. The van der Waals surface area contributed by atoms with Gasteiger partial charge in [-0.3, -0.25) is 0 Å². The molecule has 0 aliphatic heterocycles. The zero-order valence-electron chi connectivity index (χ0n) is 14.7. The van der Waals surface area contributed by atoms with Gasteiger partial charge in [-0.15, -0.1) is 0 Å². The number of anilines is 1. The summed E-state index contributed by atoms with van der Waals surface area (Å²) in [6.07, 6.45) is 2.67. The largest absolute Gasteiger partial charge is 0.467 e. The molecule has 2 aromatic rings. The van der Waals surface area contributed by atoms with Gasteiger partial charge in [0.05, 0.1) is 12.3 Å². The number of aryl methyl sites for hydroxylation is 1. The van der Waals surface area contributed by atoms with E-state index < -0.39 is 0 Å². The van der Waals surface area contributed by atoms with E-state index in [1.54, 1.807) is 19.3 Å². The Morgan fingerprint density at radius 2 is 2.04 bits per heavy atom. The van der Waals surface area contributed by atoms with Crippen molar-refractivity contribution in [3.8, 4) is 0 Å². The third kappa shape index (κ3) is 4.81. The Hall–Kier alpha value is -1.88. The van der Waals surface area contributed by atoms with Gasteiger partial charge in [-0.2, -0.15) is 0 Å². The Labute approximate surface area is 148 Å². The van der Waals surface area contributed by atoms with Crippen molar-refractivity contribution in [1.82, 2.24) is 4.90 Å². The lowest BCUT2D eigenvalue weighted by Crippen LogP contribution is -2.38. The van der Waals surface area contributed by atoms with Gasteiger partial charge in [0.1, 0.15) is 11.6 Å². The summed E-state index contributed by atoms with van der Waals surface area (Å²) >= 11 is 5.59. The molecule has 3 nitrogen and oxygen atoms in total. The first-order valence-electron chi connectivity index (χ1n) is 8.25. The van der Waals surface area contributed by atoms with Crippen molar-refractivity contribution in [3.05, 3.63) is 53.7 Å². The van der Waals surface area contributed by atoms with Gasteiger partial charge in [-0.25, -0.2) is 4.39 Å². The minimum absolute atomic E-state index is 0.00838. The van der Waals surface area contributed by atoms with Gasteiger partial charge in [0.15, 0.2) is 5.11 Å². The van der Waals surface area contributed by atoms with Gasteiger partial charge < -0.3 is 14.6 Å². The maximum absolute atomic E-state index is 13.8. The predicted octanol–water partition coefficient (Wildman–Crippen LogP) is 5.53. The van der Waals surface area contributed by atoms with Crippen LogP contribution in [0.2, 0.25) is 0 Å². The molecule has 1 unspecified atom stereocenters. The molecule has 0 saturated heterocycles. The molecule has 5 heteroatoms. The molecule has 0 spiro atoms. The number of nitrogens with zero attached hydrogens (tertiary/aromatic N) is 1. The highest BCUT2D eigenvalue weighted by atomic mass is 32.1. The number of nitrogens with one attached hydrogen (secondary N) is 1. The van der Waals surface area contributed by atoms with Crippen molar-refractivity contribution in [3.63, 3.8) is 0 Å². The molecule has 130 valence electrons. The Bertz CT molecular complexity index is 670. The lowest BCUT2D eigenvalue weighted by Gasteiger charge is -2.31. The summed E-state index contributed by atoms with van der Waals surface area (Å²) in [4.78, 5) is 2.09. The van der Waals surface area contributed by atoms with E-state index in [1.807, 2.05) is 18.2 Å². The Balaban J connectivity index is 2.15. The second-order valence-corrected chi connectivity index (χ2v) is 6.85. The van der Waals surface area contributed by atoms with Crippen LogP contribution in [0.3, 0.4) is 0 Å². The van der Waals surface area contributed by atoms with Crippen molar-refractivity contribution < 1.29 is 8.81 Å². The van der Waals surface area contributed by atoms with Crippen molar-refractivity contribution in [1.29, 1.82) is 0 Å². The SMILES string of the molecule is Cc1ccc(NC(=S)N(CCC(C)C)C(C)c2ccco2)cc1F. The monoisotopic (exact) mass is 348 g/mol. The zero-order chi connectivity index (χ0) is 17.7. The van der Waals surface area contributed by atoms with E-state index in [4.69, 9.17) is 16.6 Å². The van der Waals surface area contributed by atoms with E-state index in [9.17, 15) is 4.39 Å². The van der Waals surface area contributed by atoms with Crippen LogP contribution in [0.1, 0.15) is 44.6 Å². The van der Waals surface area contributed by atoms with Crippen LogP contribution in [0.25, 0.3) is 0 Å². The van der Waals surface area contributed by atoms with E-state index in [0.717, 1.165) is 18.7 Å². The molecule has 0 bridgehead atoms. The number of furan rings is 1. The van der Waals surface area contributed by atoms with Crippen LogP contribution < -0.4 is 5.32 Å². The molecule has 0 aliphatic carbocycles. The summed E-state index contributed by atoms with van der Waals surface area (Å²) in [6.45, 7) is 8.97. The van der Waals surface area contributed by atoms with Crippen LogP contribution in [0.5, 0.6) is 0 Å². The zero-order valence-corrected chi connectivity index (χ0v) is 15.5. The lowest BCUT2D eigenvalue weighted by atomic mass is 10.1. The summed E-state index contributed by atoms with van der Waals surface area (Å²) < 4.78 is 19.3. The van der Waals surface area contributed by atoms with E-state index >= 15 is 0 Å². The maximum Gasteiger partial charge on any atom is 0.174 e. The van der Waals surface area contributed by atoms with Gasteiger partial charge in [-0.05, 0) is 68.2 Å². The van der Waals surface area contributed by atoms with Gasteiger partial charge in [0.25, 0.3) is 0 Å². The smallest absolute Gasteiger partial charge is 0.174 e. The molecule has 0 amide bonds. The van der Waals surface area contributed by atoms with Crippen molar-refractivity contribution in [2.24, 2.45) is 5.92 Å². The van der Waals surface area contributed by atoms with E-state index in [1.165, 1.54) is 6.07 Å². The number of halogens is 1. The number of rotatable bonds is 6. The first-order chi connectivity index (χ1) is 11.4. The third-order valence-electron chi connectivity index (χ3n) is 4.05. The van der Waals surface area contributed by atoms with Gasteiger partial charge in [0, 0.05) is 12.2 Å². The molecule has 1 atom stereocenters. The molecule has 1 aromatic heterocycles. The van der Waals surface area contributed by atoms with Crippen LogP contribution in [0.4, 0.5) is 10.1 Å². The molecule has 24 heavy (non-hydrogen) atoms. The number of hydrogen-bond donors (Lipinski definition) is 1. The fourth-order valence-corrected chi connectivity index (χ4v) is 2.78. The van der Waals surface area contributed by atoms with Crippen molar-refractivity contribution in [2.75, 3.05) is 11.9 Å². The van der Waals surface area contributed by atoms with Crippen LogP contribution in [0, 0.1) is 18.7 Å². The Kier molecular flexibility index (Phi) is 6.37. The number of hydrogen-bond acceptors (Lipinski definition) is 2. The summed E-state index contributed by atoms with van der Waals surface area (Å²) in [7, 11) is 0. The highest BCUT2D eigenvalue weighted by Gasteiger charge is 2.21. The van der Waals surface area contributed by atoms with Crippen molar-refractivity contribution in [2.45, 2.75) is 40.2 Å². The first-order valence-corrected chi connectivity index (χ1v) is 8.66. The number of thiocarbonyl (C=S) groups is 1. The summed E-state index contributed by atoms with van der Waals surface area (Å²) in [6, 6.07) is 8.88. The van der Waals surface area contributed by atoms with E-state index in [2.05, 4.69) is 31.0 Å². The van der Waals surface area contributed by atoms with Gasteiger partial charge >= 0.3 is 0 Å². The molecular weight excluding hydrogens is 323 g/mol. The first kappa shape index (κ1) is 18.5. The molecule has 0 saturated carbocycles. The van der Waals surface area contributed by atoms with Gasteiger partial charge in [-0.1, -0.05) is 19.9 Å². The Morgan fingerprint density at radius 1 is 1.29 bits per heavy atom. The van der Waals surface area contributed by atoms with Crippen LogP contribution in [0.15, 0.2) is 41.0 Å². The normalized spacial score (nSPS) is 12.2. The summed E-state index contributed by atoms with van der Waals surface area (Å²) in [5.41, 5.74) is 1.27. The minimum atomic E-state index is -0.240. The molecule has 0 aliphatic rings. The maximum atomic E-state index is 13.8. The number of benzene rings is 1. The molecule has 2 rings (SSSR count). The average molecular weight is 348 g/mol. The second-order valence-electron chi connectivity index (χ2n) is 6.46.